The van der Waals surface area contributed by atoms with E-state index in [1.54, 1.807) is 11.3 Å². The van der Waals surface area contributed by atoms with Crippen molar-refractivity contribution in [3.8, 4) is 56.4 Å². The number of aromatic nitrogens is 3. The summed E-state index contributed by atoms with van der Waals surface area (Å²) >= 11 is 1.80. The van der Waals surface area contributed by atoms with Gasteiger partial charge >= 0.3 is 0 Å². The Balaban J connectivity index is 1.16. The summed E-state index contributed by atoms with van der Waals surface area (Å²) in [4.78, 5) is 15.3. The molecule has 5 heteroatoms. The highest BCUT2D eigenvalue weighted by Crippen LogP contribution is 2.44. The van der Waals surface area contributed by atoms with Crippen molar-refractivity contribution in [2.24, 2.45) is 0 Å². The van der Waals surface area contributed by atoms with Crippen molar-refractivity contribution >= 4 is 53.4 Å². The lowest BCUT2D eigenvalue weighted by Crippen LogP contribution is -2.00. The number of fused-ring (bicyclic) bond motifs is 6. The fourth-order valence-electron chi connectivity index (χ4n) is 6.93. The Hall–Kier alpha value is -6.43. The van der Waals surface area contributed by atoms with E-state index in [1.807, 2.05) is 54.6 Å². The molecule has 0 aliphatic carbocycles. The van der Waals surface area contributed by atoms with E-state index in [4.69, 9.17) is 19.4 Å². The molecule has 0 aliphatic rings. The Labute approximate surface area is 292 Å². The van der Waals surface area contributed by atoms with Gasteiger partial charge in [-0.25, -0.2) is 15.0 Å². The number of rotatable bonds is 5. The summed E-state index contributed by atoms with van der Waals surface area (Å²) in [5, 5.41) is 4.58. The molecule has 0 amide bonds. The molecule has 0 unspecified atom stereocenters. The molecular formula is C45H27N3OS. The maximum absolute atomic E-state index is 6.25. The SMILES string of the molecule is c1ccc(-c2cccc(-c3cccc4c3sc3c(-c5nc(-c6ccccc6)nc(-c6ccc7c(c6)oc6ccccc67)n5)cccc34)c2)cc1. The highest BCUT2D eigenvalue weighted by Gasteiger charge is 2.19. The van der Waals surface area contributed by atoms with Crippen LogP contribution >= 0.6 is 11.3 Å². The summed E-state index contributed by atoms with van der Waals surface area (Å²) in [6, 6.07) is 56.9. The first-order valence-electron chi connectivity index (χ1n) is 16.6. The topological polar surface area (TPSA) is 51.8 Å². The Morgan fingerprint density at radius 3 is 1.70 bits per heavy atom. The van der Waals surface area contributed by atoms with E-state index in [9.17, 15) is 0 Å². The van der Waals surface area contributed by atoms with Crippen LogP contribution in [0.25, 0.3) is 98.5 Å². The number of para-hydroxylation sites is 1. The number of furan rings is 1. The molecule has 7 aromatic carbocycles. The molecule has 0 aliphatic heterocycles. The monoisotopic (exact) mass is 657 g/mol. The Kier molecular flexibility index (Phi) is 6.64. The van der Waals surface area contributed by atoms with Crippen LogP contribution in [0.5, 0.6) is 0 Å². The average Bonchev–Trinajstić information content (AvgIpc) is 3.77. The minimum absolute atomic E-state index is 0.604. The van der Waals surface area contributed by atoms with Crippen LogP contribution in [0.4, 0.5) is 0 Å². The van der Waals surface area contributed by atoms with E-state index in [-0.39, 0.29) is 0 Å². The van der Waals surface area contributed by atoms with Crippen molar-refractivity contribution in [3.05, 3.63) is 164 Å². The van der Waals surface area contributed by atoms with Gasteiger partial charge in [-0.2, -0.15) is 0 Å². The van der Waals surface area contributed by atoms with Crippen molar-refractivity contribution in [1.82, 2.24) is 15.0 Å². The molecule has 234 valence electrons. The van der Waals surface area contributed by atoms with E-state index in [0.29, 0.717) is 17.5 Å². The zero-order chi connectivity index (χ0) is 33.0. The number of nitrogens with zero attached hydrogens (tertiary/aromatic N) is 3. The van der Waals surface area contributed by atoms with Crippen molar-refractivity contribution in [2.75, 3.05) is 0 Å². The molecular weight excluding hydrogens is 631 g/mol. The molecule has 4 nitrogen and oxygen atoms in total. The van der Waals surface area contributed by atoms with E-state index < -0.39 is 0 Å². The van der Waals surface area contributed by atoms with Crippen LogP contribution < -0.4 is 0 Å². The van der Waals surface area contributed by atoms with Gasteiger partial charge in [0.2, 0.25) is 0 Å². The van der Waals surface area contributed by atoms with Crippen molar-refractivity contribution in [1.29, 1.82) is 0 Å². The lowest BCUT2D eigenvalue weighted by atomic mass is 9.98. The second-order valence-electron chi connectivity index (χ2n) is 12.4. The molecule has 3 aromatic heterocycles. The van der Waals surface area contributed by atoms with Crippen LogP contribution in [0.2, 0.25) is 0 Å². The number of thiophene rings is 1. The number of hydrogen-bond donors (Lipinski definition) is 0. The highest BCUT2D eigenvalue weighted by molar-refractivity contribution is 7.26. The molecule has 10 aromatic rings. The van der Waals surface area contributed by atoms with Gasteiger partial charge in [-0.05, 0) is 52.6 Å². The Morgan fingerprint density at radius 2 is 0.900 bits per heavy atom. The quantitative estimate of drug-likeness (QED) is 0.185. The summed E-state index contributed by atoms with van der Waals surface area (Å²) in [5.41, 5.74) is 9.29. The van der Waals surface area contributed by atoms with Crippen LogP contribution in [0.1, 0.15) is 0 Å². The van der Waals surface area contributed by atoms with Crippen LogP contribution in [0.15, 0.2) is 168 Å². The second kappa shape index (κ2) is 11.6. The van der Waals surface area contributed by atoms with E-state index in [2.05, 4.69) is 109 Å². The lowest BCUT2D eigenvalue weighted by Gasteiger charge is -2.09. The minimum Gasteiger partial charge on any atom is -0.456 e. The third-order valence-corrected chi connectivity index (χ3v) is 10.6. The van der Waals surface area contributed by atoms with Crippen molar-refractivity contribution < 1.29 is 4.42 Å². The van der Waals surface area contributed by atoms with Gasteiger partial charge in [-0.15, -0.1) is 11.3 Å². The summed E-state index contributed by atoms with van der Waals surface area (Å²) in [7, 11) is 0. The Morgan fingerprint density at radius 1 is 0.340 bits per heavy atom. The van der Waals surface area contributed by atoms with E-state index >= 15 is 0 Å². The zero-order valence-electron chi connectivity index (χ0n) is 26.7. The molecule has 0 radical (unpaired) electrons. The summed E-state index contributed by atoms with van der Waals surface area (Å²) in [5.74, 6) is 1.88. The van der Waals surface area contributed by atoms with E-state index in [1.165, 1.54) is 37.7 Å². The molecule has 10 rings (SSSR count). The molecule has 0 N–H and O–H groups in total. The first-order chi connectivity index (χ1) is 24.8. The highest BCUT2D eigenvalue weighted by atomic mass is 32.1. The largest absolute Gasteiger partial charge is 0.456 e. The van der Waals surface area contributed by atoms with Gasteiger partial charge in [0.25, 0.3) is 0 Å². The van der Waals surface area contributed by atoms with Gasteiger partial charge in [-0.1, -0.05) is 133 Å². The molecule has 0 saturated heterocycles. The standard InChI is InChI=1S/C45H27N3OS/c1-3-12-28(13-4-1)30-16-9-17-31(26-30)33-19-10-20-36-37-21-11-22-38(42(37)50-41(33)36)45-47-43(29-14-5-2-6-15-29)46-44(48-45)32-24-25-35-34-18-7-8-23-39(34)49-40(35)27-32/h1-27H. The molecule has 0 fully saturated rings. The predicted molar refractivity (Wildman–Crippen MR) is 207 cm³/mol. The normalized spacial score (nSPS) is 11.6. The van der Waals surface area contributed by atoms with Gasteiger partial charge in [-0.3, -0.25) is 0 Å². The molecule has 50 heavy (non-hydrogen) atoms. The van der Waals surface area contributed by atoms with Crippen LogP contribution in [0, 0.1) is 0 Å². The van der Waals surface area contributed by atoms with Gasteiger partial charge < -0.3 is 4.42 Å². The molecule has 0 bridgehead atoms. The third-order valence-electron chi connectivity index (χ3n) is 9.35. The molecule has 0 saturated carbocycles. The van der Waals surface area contributed by atoms with Crippen LogP contribution in [0.3, 0.4) is 0 Å². The second-order valence-corrected chi connectivity index (χ2v) is 13.4. The fraction of sp³-hybridized carbons (Fsp3) is 0. The van der Waals surface area contributed by atoms with Gasteiger partial charge in [0.15, 0.2) is 17.5 Å². The molecule has 3 heterocycles. The maximum atomic E-state index is 6.25. The number of hydrogen-bond acceptors (Lipinski definition) is 5. The lowest BCUT2D eigenvalue weighted by molar-refractivity contribution is 0.669. The predicted octanol–water partition coefficient (Wildman–Crippen LogP) is 12.5. The average molecular weight is 658 g/mol. The van der Waals surface area contributed by atoms with Crippen LogP contribution in [-0.4, -0.2) is 15.0 Å². The van der Waals surface area contributed by atoms with Crippen molar-refractivity contribution in [2.45, 2.75) is 0 Å². The smallest absolute Gasteiger partial charge is 0.165 e. The van der Waals surface area contributed by atoms with E-state index in [0.717, 1.165) is 43.3 Å². The number of benzene rings is 7. The van der Waals surface area contributed by atoms with Gasteiger partial charge in [0, 0.05) is 47.6 Å². The van der Waals surface area contributed by atoms with Gasteiger partial charge in [0.1, 0.15) is 11.2 Å². The van der Waals surface area contributed by atoms with Crippen LogP contribution in [-0.2, 0) is 0 Å². The first kappa shape index (κ1) is 28.6. The zero-order valence-corrected chi connectivity index (χ0v) is 27.6. The Bertz CT molecular complexity index is 2870. The summed E-state index contributed by atoms with van der Waals surface area (Å²) in [6.45, 7) is 0. The van der Waals surface area contributed by atoms with Gasteiger partial charge in [0.05, 0.1) is 0 Å². The molecule has 0 atom stereocenters. The third kappa shape index (κ3) is 4.79. The minimum atomic E-state index is 0.604. The summed E-state index contributed by atoms with van der Waals surface area (Å²) in [6.07, 6.45) is 0. The summed E-state index contributed by atoms with van der Waals surface area (Å²) < 4.78 is 8.64. The fourth-order valence-corrected chi connectivity index (χ4v) is 8.27. The van der Waals surface area contributed by atoms with Crippen molar-refractivity contribution in [3.63, 3.8) is 0 Å². The molecule has 0 spiro atoms. The first-order valence-corrected chi connectivity index (χ1v) is 17.4. The maximum Gasteiger partial charge on any atom is 0.165 e.